The van der Waals surface area contributed by atoms with Crippen molar-refractivity contribution in [3.8, 4) is 11.5 Å². The number of methoxy groups -OCH3 is 2. The molecule has 150 valence electrons. The molecule has 1 aliphatic rings. The van der Waals surface area contributed by atoms with Gasteiger partial charge < -0.3 is 19.9 Å². The summed E-state index contributed by atoms with van der Waals surface area (Å²) in [4.78, 5) is 23.4. The van der Waals surface area contributed by atoms with E-state index in [1.165, 1.54) is 5.56 Å². The second-order valence-electron chi connectivity index (χ2n) is 7.16. The third-order valence-electron chi connectivity index (χ3n) is 5.26. The first-order valence-corrected chi connectivity index (χ1v) is 9.75. The van der Waals surface area contributed by atoms with E-state index in [1.54, 1.807) is 14.2 Å². The number of carboxylic acid groups (broad SMARTS) is 1. The molecule has 0 radical (unpaired) electrons. The normalized spacial score (nSPS) is 16.9. The van der Waals surface area contributed by atoms with Crippen LogP contribution < -0.4 is 14.8 Å². The zero-order valence-electron chi connectivity index (χ0n) is 16.5. The lowest BCUT2D eigenvalue weighted by molar-refractivity contribution is -0.142. The first kappa shape index (κ1) is 21.1. The Balaban J connectivity index is 1.85. The van der Waals surface area contributed by atoms with Crippen molar-refractivity contribution in [3.63, 3.8) is 0 Å². The summed E-state index contributed by atoms with van der Waals surface area (Å²) in [5.41, 5.74) is 2.34. The summed E-state index contributed by atoms with van der Waals surface area (Å²) in [6.45, 7) is 1.98. The smallest absolute Gasteiger partial charge is 0.306 e. The molecule has 1 aromatic rings. The molecule has 1 aliphatic carbocycles. The number of rotatable bonds is 10. The average molecular weight is 377 g/mol. The van der Waals surface area contributed by atoms with Gasteiger partial charge in [0.1, 0.15) is 0 Å². The summed E-state index contributed by atoms with van der Waals surface area (Å²) < 4.78 is 10.9. The monoisotopic (exact) mass is 377 g/mol. The van der Waals surface area contributed by atoms with E-state index in [1.807, 2.05) is 19.1 Å². The van der Waals surface area contributed by atoms with E-state index < -0.39 is 5.97 Å². The minimum Gasteiger partial charge on any atom is -0.493 e. The van der Waals surface area contributed by atoms with Gasteiger partial charge in [-0.15, -0.1) is 0 Å². The minimum atomic E-state index is -0.759. The van der Waals surface area contributed by atoms with Gasteiger partial charge in [-0.2, -0.15) is 0 Å². The van der Waals surface area contributed by atoms with E-state index in [9.17, 15) is 14.7 Å². The SMILES string of the molecule is CCCC(CCCC(=O)NC1CCc2c(ccc(OC)c2OC)C1)C(=O)O. The Hall–Kier alpha value is -2.24. The summed E-state index contributed by atoms with van der Waals surface area (Å²) in [6.07, 6.45) is 5.52. The van der Waals surface area contributed by atoms with Crippen molar-refractivity contribution in [2.75, 3.05) is 14.2 Å². The highest BCUT2D eigenvalue weighted by molar-refractivity contribution is 5.76. The molecule has 2 N–H and O–H groups in total. The molecule has 0 aromatic heterocycles. The fraction of sp³-hybridized carbons (Fsp3) is 0.619. The molecule has 1 aromatic carbocycles. The van der Waals surface area contributed by atoms with Crippen LogP contribution in [0.5, 0.6) is 11.5 Å². The number of fused-ring (bicyclic) bond motifs is 1. The molecule has 2 atom stereocenters. The molecule has 0 fully saturated rings. The van der Waals surface area contributed by atoms with E-state index in [0.717, 1.165) is 42.7 Å². The predicted molar refractivity (Wildman–Crippen MR) is 103 cm³/mol. The summed E-state index contributed by atoms with van der Waals surface area (Å²) >= 11 is 0. The van der Waals surface area contributed by atoms with Gasteiger partial charge in [0.25, 0.3) is 0 Å². The molecular weight excluding hydrogens is 346 g/mol. The highest BCUT2D eigenvalue weighted by Gasteiger charge is 2.24. The van der Waals surface area contributed by atoms with Gasteiger partial charge in [0.05, 0.1) is 20.1 Å². The first-order chi connectivity index (χ1) is 13.0. The maximum atomic E-state index is 12.3. The number of carbonyl (C=O) groups excluding carboxylic acids is 1. The van der Waals surface area contributed by atoms with E-state index in [0.29, 0.717) is 25.7 Å². The first-order valence-electron chi connectivity index (χ1n) is 9.75. The van der Waals surface area contributed by atoms with Gasteiger partial charge in [0.15, 0.2) is 11.5 Å². The van der Waals surface area contributed by atoms with Crippen LogP contribution in [0.1, 0.15) is 56.6 Å². The third kappa shape index (κ3) is 5.62. The highest BCUT2D eigenvalue weighted by Crippen LogP contribution is 2.37. The molecule has 1 amide bonds. The predicted octanol–water partition coefficient (Wildman–Crippen LogP) is 3.35. The second-order valence-corrected chi connectivity index (χ2v) is 7.16. The largest absolute Gasteiger partial charge is 0.493 e. The van der Waals surface area contributed by atoms with Crippen molar-refractivity contribution in [2.24, 2.45) is 5.92 Å². The van der Waals surface area contributed by atoms with Crippen molar-refractivity contribution < 1.29 is 24.2 Å². The molecule has 6 heteroatoms. The third-order valence-corrected chi connectivity index (χ3v) is 5.26. The molecule has 0 aliphatic heterocycles. The van der Waals surface area contributed by atoms with Crippen LogP contribution in [0.15, 0.2) is 12.1 Å². The summed E-state index contributed by atoms with van der Waals surface area (Å²) in [7, 11) is 3.28. The van der Waals surface area contributed by atoms with Gasteiger partial charge in [-0.25, -0.2) is 0 Å². The van der Waals surface area contributed by atoms with Gasteiger partial charge >= 0.3 is 5.97 Å². The van der Waals surface area contributed by atoms with Crippen LogP contribution in [0.2, 0.25) is 0 Å². The lowest BCUT2D eigenvalue weighted by Crippen LogP contribution is -2.38. The Labute approximate surface area is 161 Å². The van der Waals surface area contributed by atoms with Gasteiger partial charge in [-0.05, 0) is 50.2 Å². The van der Waals surface area contributed by atoms with Gasteiger partial charge in [-0.1, -0.05) is 19.4 Å². The quantitative estimate of drug-likeness (QED) is 0.653. The maximum Gasteiger partial charge on any atom is 0.306 e. The molecule has 2 rings (SSSR count). The van der Waals surface area contributed by atoms with E-state index in [4.69, 9.17) is 9.47 Å². The Morgan fingerprint density at radius 2 is 2.04 bits per heavy atom. The van der Waals surface area contributed by atoms with Crippen LogP contribution in [-0.4, -0.2) is 37.2 Å². The Morgan fingerprint density at radius 1 is 1.26 bits per heavy atom. The molecule has 0 saturated heterocycles. The zero-order valence-corrected chi connectivity index (χ0v) is 16.5. The van der Waals surface area contributed by atoms with Crippen LogP contribution in [0.4, 0.5) is 0 Å². The summed E-state index contributed by atoms with van der Waals surface area (Å²) in [6, 6.07) is 4.05. The number of hydrogen-bond acceptors (Lipinski definition) is 4. The van der Waals surface area contributed by atoms with Crippen LogP contribution in [0, 0.1) is 5.92 Å². The number of nitrogens with one attached hydrogen (secondary N) is 1. The number of carboxylic acids is 1. The lowest BCUT2D eigenvalue weighted by Gasteiger charge is -2.27. The molecule has 2 unspecified atom stereocenters. The van der Waals surface area contributed by atoms with Crippen molar-refractivity contribution in [1.29, 1.82) is 0 Å². The van der Waals surface area contributed by atoms with Crippen molar-refractivity contribution in [2.45, 2.75) is 64.3 Å². The molecule has 6 nitrogen and oxygen atoms in total. The second kappa shape index (κ2) is 10.2. The van der Waals surface area contributed by atoms with E-state index in [2.05, 4.69) is 5.32 Å². The summed E-state index contributed by atoms with van der Waals surface area (Å²) in [5.74, 6) is 0.427. The lowest BCUT2D eigenvalue weighted by atomic mass is 9.87. The molecule has 0 saturated carbocycles. The highest BCUT2D eigenvalue weighted by atomic mass is 16.5. The maximum absolute atomic E-state index is 12.3. The number of carbonyl (C=O) groups is 2. The van der Waals surface area contributed by atoms with Gasteiger partial charge in [-0.3, -0.25) is 9.59 Å². The Kier molecular flexibility index (Phi) is 7.95. The van der Waals surface area contributed by atoms with Crippen LogP contribution in [0.3, 0.4) is 0 Å². The van der Waals surface area contributed by atoms with Gasteiger partial charge in [0, 0.05) is 18.0 Å². The zero-order chi connectivity index (χ0) is 19.8. The number of ether oxygens (including phenoxy) is 2. The van der Waals surface area contributed by atoms with Crippen LogP contribution in [-0.2, 0) is 22.4 Å². The molecular formula is C21H31NO5. The Bertz CT molecular complexity index is 658. The number of aliphatic carboxylic acids is 1. The fourth-order valence-electron chi connectivity index (χ4n) is 3.85. The molecule has 0 bridgehead atoms. The van der Waals surface area contributed by atoms with Gasteiger partial charge in [0.2, 0.25) is 5.91 Å². The van der Waals surface area contributed by atoms with Crippen molar-refractivity contribution in [1.82, 2.24) is 5.32 Å². The Morgan fingerprint density at radius 3 is 2.67 bits per heavy atom. The topological polar surface area (TPSA) is 84.9 Å². The standard InChI is InChI=1S/C21H31NO5/c1-4-6-14(21(24)25)7-5-8-19(23)22-16-10-11-17-15(13-16)9-12-18(26-2)20(17)27-3/h9,12,14,16H,4-8,10-11,13H2,1-3H3,(H,22,23)(H,24,25). The van der Waals surface area contributed by atoms with Crippen molar-refractivity contribution >= 4 is 11.9 Å². The summed E-state index contributed by atoms with van der Waals surface area (Å²) in [5, 5.41) is 12.3. The molecule has 0 heterocycles. The minimum absolute atomic E-state index is 0.00423. The fourth-order valence-corrected chi connectivity index (χ4v) is 3.85. The van der Waals surface area contributed by atoms with Crippen LogP contribution in [0.25, 0.3) is 0 Å². The van der Waals surface area contributed by atoms with Crippen LogP contribution >= 0.6 is 0 Å². The van der Waals surface area contributed by atoms with E-state index >= 15 is 0 Å². The number of hydrogen-bond donors (Lipinski definition) is 2. The number of benzene rings is 1. The molecule has 27 heavy (non-hydrogen) atoms. The average Bonchev–Trinajstić information content (AvgIpc) is 2.65. The van der Waals surface area contributed by atoms with E-state index in [-0.39, 0.29) is 17.9 Å². The van der Waals surface area contributed by atoms with Crippen molar-refractivity contribution in [3.05, 3.63) is 23.3 Å². The number of amides is 1. The molecule has 0 spiro atoms.